The summed E-state index contributed by atoms with van der Waals surface area (Å²) in [4.78, 5) is 18.0. The van der Waals surface area contributed by atoms with E-state index in [1.54, 1.807) is 17.2 Å². The number of nitrogens with zero attached hydrogens (tertiary/aromatic N) is 2. The smallest absolute Gasteiger partial charge is 0.227 e. The SMILES string of the molecule is O=C1CC(CS)CN1c1cccc(Oc2ccccn2)c1. The van der Waals surface area contributed by atoms with Gasteiger partial charge in [0.25, 0.3) is 0 Å². The number of anilines is 1. The van der Waals surface area contributed by atoms with E-state index in [-0.39, 0.29) is 5.91 Å². The zero-order chi connectivity index (χ0) is 14.7. The number of thiol groups is 1. The third-order valence-corrected chi connectivity index (χ3v) is 3.97. The van der Waals surface area contributed by atoms with Gasteiger partial charge in [0.1, 0.15) is 5.75 Å². The van der Waals surface area contributed by atoms with Gasteiger partial charge in [0.05, 0.1) is 0 Å². The van der Waals surface area contributed by atoms with E-state index < -0.39 is 0 Å². The average Bonchev–Trinajstić information content (AvgIpc) is 2.90. The second-order valence-electron chi connectivity index (χ2n) is 5.02. The molecule has 1 aliphatic heterocycles. The first-order valence-electron chi connectivity index (χ1n) is 6.86. The Bertz CT molecular complexity index is 633. The Morgan fingerprint density at radius 3 is 2.90 bits per heavy atom. The van der Waals surface area contributed by atoms with E-state index in [9.17, 15) is 4.79 Å². The van der Waals surface area contributed by atoms with Gasteiger partial charge in [-0.1, -0.05) is 12.1 Å². The lowest BCUT2D eigenvalue weighted by atomic mass is 10.1. The van der Waals surface area contributed by atoms with Crippen LogP contribution >= 0.6 is 12.6 Å². The highest BCUT2D eigenvalue weighted by Crippen LogP contribution is 2.29. The number of amides is 1. The molecule has 1 amide bonds. The van der Waals surface area contributed by atoms with Crippen molar-refractivity contribution >= 4 is 24.2 Å². The van der Waals surface area contributed by atoms with Crippen molar-refractivity contribution in [1.82, 2.24) is 4.98 Å². The molecule has 1 atom stereocenters. The molecule has 1 aromatic carbocycles. The third-order valence-electron chi connectivity index (χ3n) is 3.45. The summed E-state index contributed by atoms with van der Waals surface area (Å²) in [6, 6.07) is 13.0. The molecule has 1 unspecified atom stereocenters. The predicted octanol–water partition coefficient (Wildman–Crippen LogP) is 3.16. The van der Waals surface area contributed by atoms with Crippen molar-refractivity contribution in [2.24, 2.45) is 5.92 Å². The Hall–Kier alpha value is -2.01. The Kier molecular flexibility index (Phi) is 4.10. The molecular formula is C16H16N2O2S. The third kappa shape index (κ3) is 3.19. The quantitative estimate of drug-likeness (QED) is 0.882. The summed E-state index contributed by atoms with van der Waals surface area (Å²) in [5.74, 6) is 2.40. The Labute approximate surface area is 129 Å². The predicted molar refractivity (Wildman–Crippen MR) is 85.1 cm³/mol. The lowest BCUT2D eigenvalue weighted by Crippen LogP contribution is -2.24. The molecule has 3 rings (SSSR count). The molecule has 108 valence electrons. The van der Waals surface area contributed by atoms with Crippen molar-refractivity contribution in [3.63, 3.8) is 0 Å². The molecule has 0 radical (unpaired) electrons. The fourth-order valence-electron chi connectivity index (χ4n) is 2.40. The minimum absolute atomic E-state index is 0.143. The minimum Gasteiger partial charge on any atom is -0.439 e. The fraction of sp³-hybridized carbons (Fsp3) is 0.250. The standard InChI is InChI=1S/C16H16N2O2S/c19-16-8-12(11-21)10-18(16)13-4-3-5-14(9-13)20-15-6-1-2-7-17-15/h1-7,9,12,21H,8,10-11H2. The Morgan fingerprint density at radius 1 is 1.29 bits per heavy atom. The Morgan fingerprint density at radius 2 is 2.19 bits per heavy atom. The molecule has 0 bridgehead atoms. The number of benzene rings is 1. The van der Waals surface area contributed by atoms with Gasteiger partial charge in [-0.25, -0.2) is 4.98 Å². The van der Waals surface area contributed by atoms with Gasteiger partial charge in [0, 0.05) is 37.0 Å². The summed E-state index contributed by atoms with van der Waals surface area (Å²) >= 11 is 4.28. The molecule has 1 aromatic heterocycles. The molecule has 1 saturated heterocycles. The summed E-state index contributed by atoms with van der Waals surface area (Å²) < 4.78 is 5.70. The number of aromatic nitrogens is 1. The Balaban J connectivity index is 1.79. The van der Waals surface area contributed by atoms with Crippen LogP contribution in [0.3, 0.4) is 0 Å². The van der Waals surface area contributed by atoms with Crippen molar-refractivity contribution in [3.05, 3.63) is 48.7 Å². The van der Waals surface area contributed by atoms with Crippen LogP contribution in [0, 0.1) is 5.92 Å². The molecule has 5 heteroatoms. The maximum Gasteiger partial charge on any atom is 0.227 e. The van der Waals surface area contributed by atoms with Crippen LogP contribution in [0.2, 0.25) is 0 Å². The number of hydrogen-bond donors (Lipinski definition) is 1. The first-order valence-corrected chi connectivity index (χ1v) is 7.49. The van der Waals surface area contributed by atoms with Crippen molar-refractivity contribution in [2.75, 3.05) is 17.2 Å². The zero-order valence-corrected chi connectivity index (χ0v) is 12.4. The molecule has 0 spiro atoms. The average molecular weight is 300 g/mol. The number of ether oxygens (including phenoxy) is 1. The van der Waals surface area contributed by atoms with E-state index in [1.807, 2.05) is 36.4 Å². The van der Waals surface area contributed by atoms with E-state index in [4.69, 9.17) is 4.74 Å². The highest BCUT2D eigenvalue weighted by Gasteiger charge is 2.29. The zero-order valence-electron chi connectivity index (χ0n) is 11.5. The van der Waals surface area contributed by atoms with Crippen molar-refractivity contribution in [2.45, 2.75) is 6.42 Å². The van der Waals surface area contributed by atoms with E-state index in [0.717, 1.165) is 18.0 Å². The number of pyridine rings is 1. The van der Waals surface area contributed by atoms with Gasteiger partial charge in [0.2, 0.25) is 11.8 Å². The van der Waals surface area contributed by atoms with Gasteiger partial charge in [-0.3, -0.25) is 4.79 Å². The number of rotatable bonds is 4. The monoisotopic (exact) mass is 300 g/mol. The van der Waals surface area contributed by atoms with E-state index >= 15 is 0 Å². The second-order valence-corrected chi connectivity index (χ2v) is 5.39. The lowest BCUT2D eigenvalue weighted by Gasteiger charge is -2.17. The van der Waals surface area contributed by atoms with E-state index in [2.05, 4.69) is 17.6 Å². The summed E-state index contributed by atoms with van der Waals surface area (Å²) in [6.45, 7) is 0.718. The van der Waals surface area contributed by atoms with Gasteiger partial charge in [-0.2, -0.15) is 12.6 Å². The van der Waals surface area contributed by atoms with Crippen molar-refractivity contribution in [3.8, 4) is 11.6 Å². The van der Waals surface area contributed by atoms with Crippen LogP contribution in [0.1, 0.15) is 6.42 Å². The van der Waals surface area contributed by atoms with Crippen molar-refractivity contribution in [1.29, 1.82) is 0 Å². The summed E-state index contributed by atoms with van der Waals surface area (Å²) in [7, 11) is 0. The molecule has 0 aliphatic carbocycles. The summed E-state index contributed by atoms with van der Waals surface area (Å²) in [5, 5.41) is 0. The summed E-state index contributed by atoms with van der Waals surface area (Å²) in [5.41, 5.74) is 0.859. The van der Waals surface area contributed by atoms with Crippen LogP contribution in [0.25, 0.3) is 0 Å². The van der Waals surface area contributed by atoms with Gasteiger partial charge in [-0.05, 0) is 29.9 Å². The van der Waals surface area contributed by atoms with E-state index in [1.165, 1.54) is 0 Å². The van der Waals surface area contributed by atoms with Crippen LogP contribution < -0.4 is 9.64 Å². The molecule has 2 aromatic rings. The van der Waals surface area contributed by atoms with Gasteiger partial charge in [0.15, 0.2) is 0 Å². The van der Waals surface area contributed by atoms with Crippen LogP contribution in [0.5, 0.6) is 11.6 Å². The van der Waals surface area contributed by atoms with Gasteiger partial charge >= 0.3 is 0 Å². The molecule has 4 nitrogen and oxygen atoms in total. The van der Waals surface area contributed by atoms with Crippen molar-refractivity contribution < 1.29 is 9.53 Å². The maximum atomic E-state index is 12.1. The molecule has 2 heterocycles. The van der Waals surface area contributed by atoms with Crippen LogP contribution in [0.4, 0.5) is 5.69 Å². The molecule has 21 heavy (non-hydrogen) atoms. The minimum atomic E-state index is 0.143. The normalized spacial score (nSPS) is 18.0. The number of hydrogen-bond acceptors (Lipinski definition) is 4. The van der Waals surface area contributed by atoms with Gasteiger partial charge < -0.3 is 9.64 Å². The first kappa shape index (κ1) is 13.9. The topological polar surface area (TPSA) is 42.4 Å². The van der Waals surface area contributed by atoms with Crippen LogP contribution in [-0.2, 0) is 4.79 Å². The maximum absolute atomic E-state index is 12.1. The largest absolute Gasteiger partial charge is 0.439 e. The van der Waals surface area contributed by atoms with Crippen LogP contribution in [0.15, 0.2) is 48.7 Å². The molecule has 0 N–H and O–H groups in total. The molecule has 1 fully saturated rings. The number of carbonyl (C=O) groups is 1. The number of carbonyl (C=O) groups excluding carboxylic acids is 1. The fourth-order valence-corrected chi connectivity index (χ4v) is 2.64. The van der Waals surface area contributed by atoms with Crippen LogP contribution in [-0.4, -0.2) is 23.2 Å². The first-order chi connectivity index (χ1) is 10.3. The molecular weight excluding hydrogens is 284 g/mol. The summed E-state index contributed by atoms with van der Waals surface area (Å²) in [6.07, 6.45) is 2.25. The highest BCUT2D eigenvalue weighted by molar-refractivity contribution is 7.80. The lowest BCUT2D eigenvalue weighted by molar-refractivity contribution is -0.117. The second kappa shape index (κ2) is 6.18. The molecule has 0 saturated carbocycles. The highest BCUT2D eigenvalue weighted by atomic mass is 32.1. The van der Waals surface area contributed by atoms with Gasteiger partial charge in [-0.15, -0.1) is 0 Å². The molecule has 1 aliphatic rings. The van der Waals surface area contributed by atoms with E-state index in [0.29, 0.717) is 24.0 Å².